The Kier molecular flexibility index (Phi) is 6.93. The van der Waals surface area contributed by atoms with E-state index in [1.807, 2.05) is 84.9 Å². The standard InChI is InChI=1S/C30H37BN2O5S/c1-27(2,3)36-25(34)17-30(15-19-10-8-9-11-20(19)16-30)26(35)32-18-24-33-22-13-12-21(14-23(22)39-24)31-37-28(4,5)29(6,7)38-31/h8-14H,15-18H2,1-7H3,(H,32,35). The van der Waals surface area contributed by atoms with Crippen LogP contribution in [0.25, 0.3) is 10.2 Å². The normalized spacial score (nSPS) is 19.2. The predicted octanol–water partition coefficient (Wildman–Crippen LogP) is 4.73. The number of amides is 1. The van der Waals surface area contributed by atoms with Crippen molar-refractivity contribution in [2.45, 2.75) is 91.1 Å². The number of rotatable bonds is 6. The van der Waals surface area contributed by atoms with Gasteiger partial charge in [-0.05, 0) is 90.0 Å². The maximum absolute atomic E-state index is 13.7. The minimum atomic E-state index is -0.882. The molecule has 1 aliphatic carbocycles. The fraction of sp³-hybridized carbons (Fsp3) is 0.500. The van der Waals surface area contributed by atoms with Crippen LogP contribution in [0.2, 0.25) is 0 Å². The number of carbonyl (C=O) groups is 2. The number of fused-ring (bicyclic) bond motifs is 2. The minimum Gasteiger partial charge on any atom is -0.460 e. The fourth-order valence-corrected chi connectivity index (χ4v) is 6.20. The average molecular weight is 549 g/mol. The Hall–Kier alpha value is -2.75. The highest BCUT2D eigenvalue weighted by atomic mass is 32.1. The van der Waals surface area contributed by atoms with Crippen LogP contribution in [0, 0.1) is 5.41 Å². The second kappa shape index (κ2) is 9.71. The van der Waals surface area contributed by atoms with Crippen LogP contribution in [0.1, 0.15) is 71.0 Å². The Labute approximate surface area is 234 Å². The van der Waals surface area contributed by atoms with E-state index in [9.17, 15) is 9.59 Å². The molecular weight excluding hydrogens is 511 g/mol. The zero-order valence-corrected chi connectivity index (χ0v) is 24.7. The van der Waals surface area contributed by atoms with E-state index in [1.54, 1.807) is 0 Å². The number of benzene rings is 2. The first-order valence-electron chi connectivity index (χ1n) is 13.5. The number of nitrogens with one attached hydrogen (secondary N) is 1. The van der Waals surface area contributed by atoms with Gasteiger partial charge in [0, 0.05) is 0 Å². The number of hydrogen-bond donors (Lipinski definition) is 1. The summed E-state index contributed by atoms with van der Waals surface area (Å²) < 4.78 is 19.0. The summed E-state index contributed by atoms with van der Waals surface area (Å²) in [7, 11) is -0.443. The topological polar surface area (TPSA) is 86.8 Å². The van der Waals surface area contributed by atoms with E-state index in [-0.39, 0.29) is 24.8 Å². The van der Waals surface area contributed by atoms with Crippen LogP contribution in [0.4, 0.5) is 0 Å². The van der Waals surface area contributed by atoms with Crippen LogP contribution in [0.15, 0.2) is 42.5 Å². The van der Waals surface area contributed by atoms with E-state index in [2.05, 4.69) is 11.4 Å². The van der Waals surface area contributed by atoms with E-state index in [0.29, 0.717) is 12.8 Å². The van der Waals surface area contributed by atoms with E-state index >= 15 is 0 Å². The molecule has 0 unspecified atom stereocenters. The van der Waals surface area contributed by atoms with Crippen molar-refractivity contribution < 1.29 is 23.6 Å². The van der Waals surface area contributed by atoms with Gasteiger partial charge in [-0.25, -0.2) is 4.98 Å². The number of thiazole rings is 1. The molecule has 1 amide bonds. The number of nitrogens with zero attached hydrogens (tertiary/aromatic N) is 1. The molecule has 39 heavy (non-hydrogen) atoms. The average Bonchev–Trinajstić information content (AvgIpc) is 3.46. The maximum Gasteiger partial charge on any atom is 0.494 e. The summed E-state index contributed by atoms with van der Waals surface area (Å²) in [6.07, 6.45) is 1.04. The number of aromatic nitrogens is 1. The lowest BCUT2D eigenvalue weighted by molar-refractivity contribution is -0.160. The lowest BCUT2D eigenvalue weighted by atomic mass is 9.79. The summed E-state index contributed by atoms with van der Waals surface area (Å²) in [4.78, 5) is 31.3. The largest absolute Gasteiger partial charge is 0.494 e. The summed E-state index contributed by atoms with van der Waals surface area (Å²) in [5, 5.41) is 3.89. The van der Waals surface area contributed by atoms with E-state index in [4.69, 9.17) is 19.0 Å². The van der Waals surface area contributed by atoms with Crippen molar-refractivity contribution in [3.05, 3.63) is 58.6 Å². The van der Waals surface area contributed by atoms with Gasteiger partial charge in [-0.2, -0.15) is 0 Å². The minimum absolute atomic E-state index is 0.0298. The van der Waals surface area contributed by atoms with Crippen molar-refractivity contribution in [1.82, 2.24) is 10.3 Å². The second-order valence-electron chi connectivity index (χ2n) is 12.8. The SMILES string of the molecule is CC(C)(C)OC(=O)CC1(C(=O)NCc2nc3ccc(B4OC(C)(C)C(C)(C)O4)cc3s2)Cc2ccccc2C1. The first-order chi connectivity index (χ1) is 18.2. The molecule has 2 aliphatic rings. The first-order valence-corrected chi connectivity index (χ1v) is 14.3. The Balaban J connectivity index is 1.31. The smallest absolute Gasteiger partial charge is 0.460 e. The molecule has 0 saturated carbocycles. The molecule has 1 aromatic heterocycles. The molecule has 5 rings (SSSR count). The molecular formula is C30H37BN2O5S. The molecule has 2 aromatic carbocycles. The van der Waals surface area contributed by atoms with Crippen molar-refractivity contribution in [3.8, 4) is 0 Å². The van der Waals surface area contributed by atoms with Gasteiger partial charge in [-0.15, -0.1) is 11.3 Å². The number of hydrogen-bond acceptors (Lipinski definition) is 7. The second-order valence-corrected chi connectivity index (χ2v) is 13.9. The monoisotopic (exact) mass is 548 g/mol. The summed E-state index contributed by atoms with van der Waals surface area (Å²) in [6.45, 7) is 14.0. The van der Waals surface area contributed by atoms with Gasteiger partial charge in [0.25, 0.3) is 0 Å². The Morgan fingerprint density at radius 2 is 1.64 bits per heavy atom. The van der Waals surface area contributed by atoms with Gasteiger partial charge in [0.1, 0.15) is 10.6 Å². The lowest BCUT2D eigenvalue weighted by Gasteiger charge is -2.32. The van der Waals surface area contributed by atoms with E-state index < -0.39 is 29.3 Å². The molecule has 0 radical (unpaired) electrons. The van der Waals surface area contributed by atoms with Gasteiger partial charge >= 0.3 is 13.1 Å². The van der Waals surface area contributed by atoms with E-state index in [0.717, 1.165) is 31.8 Å². The molecule has 1 N–H and O–H groups in total. The van der Waals surface area contributed by atoms with Crippen LogP contribution in [0.3, 0.4) is 0 Å². The molecule has 9 heteroatoms. The number of ether oxygens (including phenoxy) is 1. The van der Waals surface area contributed by atoms with Gasteiger partial charge in [0.2, 0.25) is 5.91 Å². The molecule has 0 bridgehead atoms. The predicted molar refractivity (Wildman–Crippen MR) is 154 cm³/mol. The van der Waals surface area contributed by atoms with Gasteiger partial charge in [-0.3, -0.25) is 9.59 Å². The zero-order valence-electron chi connectivity index (χ0n) is 23.8. The Bertz CT molecular complexity index is 1380. The van der Waals surface area contributed by atoms with Gasteiger partial charge < -0.3 is 19.4 Å². The van der Waals surface area contributed by atoms with Crippen LogP contribution in [-0.4, -0.2) is 40.8 Å². The number of carbonyl (C=O) groups excluding carboxylic acids is 2. The molecule has 7 nitrogen and oxygen atoms in total. The maximum atomic E-state index is 13.7. The molecule has 1 aliphatic heterocycles. The lowest BCUT2D eigenvalue weighted by Crippen LogP contribution is -2.44. The van der Waals surface area contributed by atoms with Crippen molar-refractivity contribution >= 4 is 46.0 Å². The molecule has 0 spiro atoms. The highest BCUT2D eigenvalue weighted by molar-refractivity contribution is 7.18. The third kappa shape index (κ3) is 5.62. The molecule has 0 atom stereocenters. The Morgan fingerprint density at radius 1 is 1.03 bits per heavy atom. The zero-order chi connectivity index (χ0) is 28.2. The van der Waals surface area contributed by atoms with Crippen LogP contribution in [-0.2, 0) is 43.0 Å². The Morgan fingerprint density at radius 3 is 2.23 bits per heavy atom. The number of esters is 1. The third-order valence-corrected chi connectivity index (χ3v) is 8.96. The molecule has 206 valence electrons. The van der Waals surface area contributed by atoms with Crippen LogP contribution in [0.5, 0.6) is 0 Å². The fourth-order valence-electron chi connectivity index (χ4n) is 5.25. The molecule has 2 heterocycles. The quantitative estimate of drug-likeness (QED) is 0.354. The summed E-state index contributed by atoms with van der Waals surface area (Å²) in [5.41, 5.74) is 1.70. The summed E-state index contributed by atoms with van der Waals surface area (Å²) in [5.74, 6) is -0.512. The van der Waals surface area contributed by atoms with Crippen molar-refractivity contribution in [2.24, 2.45) is 5.41 Å². The third-order valence-electron chi connectivity index (χ3n) is 7.94. The van der Waals surface area contributed by atoms with Crippen LogP contribution < -0.4 is 10.8 Å². The van der Waals surface area contributed by atoms with Gasteiger partial charge in [0.15, 0.2) is 0 Å². The van der Waals surface area contributed by atoms with Crippen LogP contribution >= 0.6 is 11.3 Å². The summed E-state index contributed by atoms with van der Waals surface area (Å²) >= 11 is 1.53. The van der Waals surface area contributed by atoms with Crippen molar-refractivity contribution in [1.29, 1.82) is 0 Å². The van der Waals surface area contributed by atoms with Crippen molar-refractivity contribution in [2.75, 3.05) is 0 Å². The molecule has 3 aromatic rings. The first kappa shape index (κ1) is 27.8. The highest BCUT2D eigenvalue weighted by Gasteiger charge is 2.52. The highest BCUT2D eigenvalue weighted by Crippen LogP contribution is 2.41. The summed E-state index contributed by atoms with van der Waals surface area (Å²) in [6, 6.07) is 14.0. The van der Waals surface area contributed by atoms with Gasteiger partial charge in [-0.1, -0.05) is 30.3 Å². The molecule has 1 saturated heterocycles. The van der Waals surface area contributed by atoms with Gasteiger partial charge in [0.05, 0.1) is 39.8 Å². The molecule has 1 fully saturated rings. The van der Waals surface area contributed by atoms with E-state index in [1.165, 1.54) is 11.3 Å². The van der Waals surface area contributed by atoms with Crippen molar-refractivity contribution in [3.63, 3.8) is 0 Å².